The van der Waals surface area contributed by atoms with Gasteiger partial charge in [-0.1, -0.05) is 6.07 Å². The van der Waals surface area contributed by atoms with Crippen molar-refractivity contribution in [3.05, 3.63) is 34.7 Å². The van der Waals surface area contributed by atoms with Crippen molar-refractivity contribution in [3.8, 4) is 0 Å². The lowest BCUT2D eigenvalue weighted by Gasteiger charge is -2.17. The number of methoxy groups -OCH3 is 1. The number of aromatic nitrogens is 1. The maximum absolute atomic E-state index is 11.5. The van der Waals surface area contributed by atoms with Crippen LogP contribution in [0.4, 0.5) is 0 Å². The zero-order valence-corrected chi connectivity index (χ0v) is 13.1. The van der Waals surface area contributed by atoms with Crippen molar-refractivity contribution in [3.63, 3.8) is 0 Å². The summed E-state index contributed by atoms with van der Waals surface area (Å²) >= 11 is 0. The number of rotatable bonds is 8. The first-order valence-corrected chi connectivity index (χ1v) is 7.29. The van der Waals surface area contributed by atoms with Gasteiger partial charge in [0.1, 0.15) is 0 Å². The predicted molar refractivity (Wildman–Crippen MR) is 85.8 cm³/mol. The van der Waals surface area contributed by atoms with E-state index in [1.54, 1.807) is 30.9 Å². The van der Waals surface area contributed by atoms with E-state index in [0.717, 1.165) is 31.9 Å². The lowest BCUT2D eigenvalue weighted by Crippen LogP contribution is -2.44. The SMILES string of the molecule is CN=C(NCCCCn1ccccc1=O)NC(C)COC. The monoisotopic (exact) mass is 294 g/mol. The largest absolute Gasteiger partial charge is 0.383 e. The number of ether oxygens (including phenoxy) is 1. The highest BCUT2D eigenvalue weighted by Crippen LogP contribution is 1.92. The molecule has 21 heavy (non-hydrogen) atoms. The number of aliphatic imine (C=N–C) groups is 1. The third-order valence-electron chi connectivity index (χ3n) is 3.04. The van der Waals surface area contributed by atoms with Crippen LogP contribution in [0.1, 0.15) is 19.8 Å². The lowest BCUT2D eigenvalue weighted by molar-refractivity contribution is 0.179. The van der Waals surface area contributed by atoms with E-state index in [1.807, 2.05) is 19.2 Å². The summed E-state index contributed by atoms with van der Waals surface area (Å²) < 4.78 is 6.80. The molecule has 0 aliphatic rings. The molecule has 1 aromatic rings. The third-order valence-corrected chi connectivity index (χ3v) is 3.04. The van der Waals surface area contributed by atoms with Crippen LogP contribution in [0.15, 0.2) is 34.2 Å². The van der Waals surface area contributed by atoms with E-state index in [4.69, 9.17) is 4.74 Å². The maximum atomic E-state index is 11.5. The first kappa shape index (κ1) is 17.2. The summed E-state index contributed by atoms with van der Waals surface area (Å²) in [5.74, 6) is 0.774. The molecule has 0 spiro atoms. The Morgan fingerprint density at radius 1 is 1.43 bits per heavy atom. The van der Waals surface area contributed by atoms with Gasteiger partial charge in [0, 0.05) is 45.6 Å². The summed E-state index contributed by atoms with van der Waals surface area (Å²) in [7, 11) is 3.43. The van der Waals surface area contributed by atoms with E-state index in [2.05, 4.69) is 15.6 Å². The molecule has 1 atom stereocenters. The predicted octanol–water partition coefficient (Wildman–Crippen LogP) is 0.828. The Kier molecular flexibility index (Phi) is 8.19. The number of hydrogen-bond donors (Lipinski definition) is 2. The van der Waals surface area contributed by atoms with Gasteiger partial charge in [0.05, 0.1) is 6.61 Å². The molecule has 6 nitrogen and oxygen atoms in total. The standard InChI is InChI=1S/C15H26N4O2/c1-13(12-21-3)18-15(16-2)17-9-5-7-11-19-10-6-4-8-14(19)20/h4,6,8,10,13H,5,7,9,11-12H2,1-3H3,(H2,16,17,18). The number of nitrogens with one attached hydrogen (secondary N) is 2. The fourth-order valence-corrected chi connectivity index (χ4v) is 1.98. The van der Waals surface area contributed by atoms with Crippen molar-refractivity contribution in [2.75, 3.05) is 27.3 Å². The fourth-order valence-electron chi connectivity index (χ4n) is 1.98. The van der Waals surface area contributed by atoms with Crippen LogP contribution in [0, 0.1) is 0 Å². The van der Waals surface area contributed by atoms with Gasteiger partial charge in [0.2, 0.25) is 5.56 Å². The van der Waals surface area contributed by atoms with Crippen molar-refractivity contribution in [2.45, 2.75) is 32.4 Å². The Labute approximate surface area is 126 Å². The molecule has 0 aliphatic heterocycles. The van der Waals surface area contributed by atoms with Gasteiger partial charge in [-0.25, -0.2) is 0 Å². The molecular formula is C15H26N4O2. The van der Waals surface area contributed by atoms with E-state index in [9.17, 15) is 4.79 Å². The minimum Gasteiger partial charge on any atom is -0.383 e. The van der Waals surface area contributed by atoms with E-state index in [-0.39, 0.29) is 11.6 Å². The van der Waals surface area contributed by atoms with Gasteiger partial charge < -0.3 is 19.9 Å². The molecule has 0 fully saturated rings. The minimum atomic E-state index is 0.0522. The molecule has 0 saturated heterocycles. The average Bonchev–Trinajstić information content (AvgIpc) is 2.47. The molecule has 0 radical (unpaired) electrons. The van der Waals surface area contributed by atoms with Gasteiger partial charge in [0.15, 0.2) is 5.96 Å². The zero-order chi connectivity index (χ0) is 15.5. The highest BCUT2D eigenvalue weighted by Gasteiger charge is 2.03. The van der Waals surface area contributed by atoms with Crippen LogP contribution in [-0.4, -0.2) is 43.9 Å². The number of guanidine groups is 1. The highest BCUT2D eigenvalue weighted by atomic mass is 16.5. The second-order valence-corrected chi connectivity index (χ2v) is 4.94. The highest BCUT2D eigenvalue weighted by molar-refractivity contribution is 5.79. The Morgan fingerprint density at radius 2 is 2.24 bits per heavy atom. The van der Waals surface area contributed by atoms with Crippen LogP contribution in [0.25, 0.3) is 0 Å². The Bertz CT molecular complexity index is 485. The molecule has 0 bridgehead atoms. The number of hydrogen-bond acceptors (Lipinski definition) is 3. The molecule has 0 aromatic carbocycles. The second kappa shape index (κ2) is 9.99. The normalized spacial score (nSPS) is 13.0. The summed E-state index contributed by atoms with van der Waals surface area (Å²) in [5, 5.41) is 6.50. The van der Waals surface area contributed by atoms with Crippen molar-refractivity contribution in [1.29, 1.82) is 0 Å². The van der Waals surface area contributed by atoms with Gasteiger partial charge in [0.25, 0.3) is 0 Å². The van der Waals surface area contributed by atoms with E-state index < -0.39 is 0 Å². The smallest absolute Gasteiger partial charge is 0.250 e. The molecular weight excluding hydrogens is 268 g/mol. The first-order chi connectivity index (χ1) is 10.2. The van der Waals surface area contributed by atoms with Gasteiger partial charge in [-0.3, -0.25) is 9.79 Å². The first-order valence-electron chi connectivity index (χ1n) is 7.29. The van der Waals surface area contributed by atoms with Gasteiger partial charge >= 0.3 is 0 Å². The molecule has 6 heteroatoms. The summed E-state index contributed by atoms with van der Waals surface area (Å²) in [4.78, 5) is 15.7. The molecule has 1 unspecified atom stereocenters. The zero-order valence-electron chi connectivity index (χ0n) is 13.1. The van der Waals surface area contributed by atoms with Crippen molar-refractivity contribution in [1.82, 2.24) is 15.2 Å². The number of aryl methyl sites for hydroxylation is 1. The fraction of sp³-hybridized carbons (Fsp3) is 0.600. The van der Waals surface area contributed by atoms with Gasteiger partial charge in [-0.05, 0) is 25.8 Å². The van der Waals surface area contributed by atoms with Crippen LogP contribution in [0.2, 0.25) is 0 Å². The van der Waals surface area contributed by atoms with Crippen LogP contribution < -0.4 is 16.2 Å². The summed E-state index contributed by atoms with van der Waals surface area (Å²) in [5.41, 5.74) is 0.0522. The third kappa shape index (κ3) is 6.94. The minimum absolute atomic E-state index is 0.0522. The number of nitrogens with zero attached hydrogens (tertiary/aromatic N) is 2. The van der Waals surface area contributed by atoms with Crippen LogP contribution in [0.3, 0.4) is 0 Å². The lowest BCUT2D eigenvalue weighted by atomic mass is 10.3. The van der Waals surface area contributed by atoms with Gasteiger partial charge in [-0.15, -0.1) is 0 Å². The summed E-state index contributed by atoms with van der Waals surface area (Å²) in [6.07, 6.45) is 3.74. The molecule has 1 heterocycles. The average molecular weight is 294 g/mol. The van der Waals surface area contributed by atoms with Crippen LogP contribution in [0.5, 0.6) is 0 Å². The molecule has 0 saturated carbocycles. The Hall–Kier alpha value is -1.82. The van der Waals surface area contributed by atoms with Crippen LogP contribution >= 0.6 is 0 Å². The van der Waals surface area contributed by atoms with Crippen molar-refractivity contribution >= 4 is 5.96 Å². The van der Waals surface area contributed by atoms with E-state index in [0.29, 0.717) is 6.61 Å². The molecule has 118 valence electrons. The Morgan fingerprint density at radius 3 is 2.90 bits per heavy atom. The molecule has 0 amide bonds. The van der Waals surface area contributed by atoms with Crippen molar-refractivity contribution < 1.29 is 4.74 Å². The van der Waals surface area contributed by atoms with Crippen LogP contribution in [-0.2, 0) is 11.3 Å². The van der Waals surface area contributed by atoms with E-state index >= 15 is 0 Å². The molecule has 2 N–H and O–H groups in total. The van der Waals surface area contributed by atoms with E-state index in [1.165, 1.54) is 0 Å². The summed E-state index contributed by atoms with van der Waals surface area (Å²) in [6, 6.07) is 5.44. The van der Waals surface area contributed by atoms with Gasteiger partial charge in [-0.2, -0.15) is 0 Å². The summed E-state index contributed by atoms with van der Waals surface area (Å²) in [6.45, 7) is 4.24. The maximum Gasteiger partial charge on any atom is 0.250 e. The van der Waals surface area contributed by atoms with Crippen molar-refractivity contribution in [2.24, 2.45) is 4.99 Å². The topological polar surface area (TPSA) is 67.7 Å². The molecule has 1 rings (SSSR count). The number of unbranched alkanes of at least 4 members (excludes halogenated alkanes) is 1. The molecule has 0 aliphatic carbocycles. The Balaban J connectivity index is 2.21. The number of pyridine rings is 1. The second-order valence-electron chi connectivity index (χ2n) is 4.94. The molecule has 1 aromatic heterocycles. The quantitative estimate of drug-likeness (QED) is 0.423.